The second-order valence-corrected chi connectivity index (χ2v) is 5.88. The third kappa shape index (κ3) is 3.18. The molecule has 1 aromatic heterocycles. The van der Waals surface area contributed by atoms with Crippen LogP contribution in [0.1, 0.15) is 36.2 Å². The van der Waals surface area contributed by atoms with Gasteiger partial charge in [-0.1, -0.05) is 12.8 Å². The Morgan fingerprint density at radius 3 is 2.68 bits per heavy atom. The average molecular weight is 329 g/mol. The van der Waals surface area contributed by atoms with Gasteiger partial charge < -0.3 is 15.0 Å². The van der Waals surface area contributed by atoms with Gasteiger partial charge in [0.15, 0.2) is 0 Å². The van der Waals surface area contributed by atoms with Crippen LogP contribution < -0.4 is 5.32 Å². The Kier molecular flexibility index (Phi) is 4.29. The van der Waals surface area contributed by atoms with E-state index in [2.05, 4.69) is 21.2 Å². The summed E-state index contributed by atoms with van der Waals surface area (Å²) in [4.78, 5) is 23.4. The minimum absolute atomic E-state index is 0.216. The predicted molar refractivity (Wildman–Crippen MR) is 74.0 cm³/mol. The third-order valence-corrected chi connectivity index (χ3v) is 4.04. The van der Waals surface area contributed by atoms with Crippen LogP contribution in [0.4, 0.5) is 0 Å². The predicted octanol–water partition coefficient (Wildman–Crippen LogP) is 2.16. The van der Waals surface area contributed by atoms with E-state index in [9.17, 15) is 14.7 Å². The monoisotopic (exact) mass is 328 g/mol. The van der Waals surface area contributed by atoms with Crippen molar-refractivity contribution in [2.45, 2.75) is 31.7 Å². The summed E-state index contributed by atoms with van der Waals surface area (Å²) in [5.74, 6) is -1.51. The smallest absolute Gasteiger partial charge is 0.308 e. The maximum Gasteiger partial charge on any atom is 0.308 e. The van der Waals surface area contributed by atoms with E-state index in [-0.39, 0.29) is 11.9 Å². The van der Waals surface area contributed by atoms with Gasteiger partial charge in [0, 0.05) is 23.8 Å². The standard InChI is InChI=1S/C13H17BrN2O3/c1-16-7-8(14)6-11(16)12(17)15-10-5-3-2-4-9(10)13(18)19/h6-7,9-10H,2-5H2,1H3,(H,15,17)(H,18,19). The highest BCUT2D eigenvalue weighted by molar-refractivity contribution is 9.10. The normalized spacial score (nSPS) is 23.1. The van der Waals surface area contributed by atoms with Crippen LogP contribution in [-0.4, -0.2) is 27.6 Å². The lowest BCUT2D eigenvalue weighted by molar-refractivity contribution is -0.143. The zero-order chi connectivity index (χ0) is 14.0. The van der Waals surface area contributed by atoms with Crippen molar-refractivity contribution >= 4 is 27.8 Å². The van der Waals surface area contributed by atoms with E-state index in [1.165, 1.54) is 0 Å². The Morgan fingerprint density at radius 2 is 2.11 bits per heavy atom. The van der Waals surface area contributed by atoms with Gasteiger partial charge in [-0.25, -0.2) is 0 Å². The van der Waals surface area contributed by atoms with Crippen LogP contribution in [0.15, 0.2) is 16.7 Å². The molecule has 0 spiro atoms. The van der Waals surface area contributed by atoms with Gasteiger partial charge in [0.25, 0.3) is 5.91 Å². The molecule has 6 heteroatoms. The van der Waals surface area contributed by atoms with Gasteiger partial charge in [0.1, 0.15) is 5.69 Å². The molecule has 2 unspecified atom stereocenters. The average Bonchev–Trinajstić information content (AvgIpc) is 2.69. The fraction of sp³-hybridized carbons (Fsp3) is 0.538. The van der Waals surface area contributed by atoms with E-state index in [0.717, 1.165) is 23.7 Å². The third-order valence-electron chi connectivity index (χ3n) is 3.60. The molecule has 0 radical (unpaired) electrons. The van der Waals surface area contributed by atoms with Crippen molar-refractivity contribution in [3.8, 4) is 0 Å². The summed E-state index contributed by atoms with van der Waals surface area (Å²) in [6, 6.07) is 1.46. The molecular weight excluding hydrogens is 312 g/mol. The molecule has 1 heterocycles. The minimum atomic E-state index is -0.821. The lowest BCUT2D eigenvalue weighted by Gasteiger charge is -2.29. The highest BCUT2D eigenvalue weighted by atomic mass is 79.9. The Labute approximate surface area is 120 Å². The van der Waals surface area contributed by atoms with E-state index in [4.69, 9.17) is 0 Å². The number of aromatic nitrogens is 1. The summed E-state index contributed by atoms with van der Waals surface area (Å²) in [5.41, 5.74) is 0.529. The van der Waals surface area contributed by atoms with Crippen molar-refractivity contribution in [3.05, 3.63) is 22.4 Å². The largest absolute Gasteiger partial charge is 0.481 e. The molecule has 1 saturated carbocycles. The topological polar surface area (TPSA) is 71.3 Å². The maximum absolute atomic E-state index is 12.2. The van der Waals surface area contributed by atoms with Crippen LogP contribution in [0.25, 0.3) is 0 Å². The van der Waals surface area contributed by atoms with Crippen molar-refractivity contribution in [3.63, 3.8) is 0 Å². The van der Waals surface area contributed by atoms with Gasteiger partial charge in [0.05, 0.1) is 5.92 Å². The molecule has 104 valence electrons. The molecule has 19 heavy (non-hydrogen) atoms. The molecular formula is C13H17BrN2O3. The number of nitrogens with zero attached hydrogens (tertiary/aromatic N) is 1. The number of rotatable bonds is 3. The van der Waals surface area contributed by atoms with Crippen LogP contribution >= 0.6 is 15.9 Å². The summed E-state index contributed by atoms with van der Waals surface area (Å²) in [5, 5.41) is 12.0. The van der Waals surface area contributed by atoms with E-state index >= 15 is 0 Å². The van der Waals surface area contributed by atoms with Gasteiger partial charge in [-0.15, -0.1) is 0 Å². The molecule has 1 aliphatic carbocycles. The number of amides is 1. The number of aliphatic carboxylic acids is 1. The SMILES string of the molecule is Cn1cc(Br)cc1C(=O)NC1CCCCC1C(=O)O. The molecule has 5 nitrogen and oxygen atoms in total. The molecule has 2 atom stereocenters. The highest BCUT2D eigenvalue weighted by Gasteiger charge is 2.32. The van der Waals surface area contributed by atoms with Crippen molar-refractivity contribution in [1.82, 2.24) is 9.88 Å². The fourth-order valence-electron chi connectivity index (χ4n) is 2.59. The molecule has 1 aliphatic rings. The van der Waals surface area contributed by atoms with E-state index < -0.39 is 11.9 Å². The number of nitrogens with one attached hydrogen (secondary N) is 1. The molecule has 2 rings (SSSR count). The fourth-order valence-corrected chi connectivity index (χ4v) is 3.12. The zero-order valence-corrected chi connectivity index (χ0v) is 12.3. The van der Waals surface area contributed by atoms with Gasteiger partial charge in [-0.2, -0.15) is 0 Å². The molecule has 0 aliphatic heterocycles. The van der Waals surface area contributed by atoms with Crippen LogP contribution in [0.5, 0.6) is 0 Å². The second kappa shape index (κ2) is 5.77. The van der Waals surface area contributed by atoms with Crippen molar-refractivity contribution in [1.29, 1.82) is 0 Å². The molecule has 0 bridgehead atoms. The lowest BCUT2D eigenvalue weighted by Crippen LogP contribution is -2.45. The van der Waals surface area contributed by atoms with Gasteiger partial charge in [0.2, 0.25) is 0 Å². The van der Waals surface area contributed by atoms with Crippen LogP contribution in [0.2, 0.25) is 0 Å². The summed E-state index contributed by atoms with van der Waals surface area (Å²) in [6.45, 7) is 0. The van der Waals surface area contributed by atoms with Crippen LogP contribution in [-0.2, 0) is 11.8 Å². The molecule has 1 aromatic rings. The number of carbonyl (C=O) groups excluding carboxylic acids is 1. The summed E-state index contributed by atoms with van der Waals surface area (Å²) in [6.07, 6.45) is 5.04. The van der Waals surface area contributed by atoms with Crippen LogP contribution in [0.3, 0.4) is 0 Å². The first-order chi connectivity index (χ1) is 8.99. The number of hydrogen-bond donors (Lipinski definition) is 2. The summed E-state index contributed by atoms with van der Waals surface area (Å²) < 4.78 is 2.55. The maximum atomic E-state index is 12.2. The van der Waals surface area contributed by atoms with Crippen molar-refractivity contribution < 1.29 is 14.7 Å². The lowest BCUT2D eigenvalue weighted by atomic mass is 9.84. The molecule has 1 fully saturated rings. The van der Waals surface area contributed by atoms with Crippen molar-refractivity contribution in [2.24, 2.45) is 13.0 Å². The molecule has 1 amide bonds. The summed E-state index contributed by atoms with van der Waals surface area (Å²) >= 11 is 3.32. The minimum Gasteiger partial charge on any atom is -0.481 e. The molecule has 0 aromatic carbocycles. The number of halogens is 1. The quantitative estimate of drug-likeness (QED) is 0.893. The van der Waals surface area contributed by atoms with Gasteiger partial charge in [-0.3, -0.25) is 9.59 Å². The number of hydrogen-bond acceptors (Lipinski definition) is 2. The number of carbonyl (C=O) groups is 2. The Bertz CT molecular complexity index is 498. The van der Waals surface area contributed by atoms with Gasteiger partial charge >= 0.3 is 5.97 Å². The Balaban J connectivity index is 2.09. The van der Waals surface area contributed by atoms with E-state index in [1.807, 2.05) is 0 Å². The molecule has 0 saturated heterocycles. The van der Waals surface area contributed by atoms with Crippen LogP contribution in [0, 0.1) is 5.92 Å². The second-order valence-electron chi connectivity index (χ2n) is 4.96. The Hall–Kier alpha value is -1.30. The van der Waals surface area contributed by atoms with Gasteiger partial charge in [-0.05, 0) is 34.8 Å². The molecule has 2 N–H and O–H groups in total. The Morgan fingerprint density at radius 1 is 1.42 bits per heavy atom. The van der Waals surface area contributed by atoms with E-state index in [1.54, 1.807) is 23.9 Å². The summed E-state index contributed by atoms with van der Waals surface area (Å²) in [7, 11) is 1.79. The number of aryl methyl sites for hydroxylation is 1. The zero-order valence-electron chi connectivity index (χ0n) is 10.7. The number of carboxylic acid groups (broad SMARTS) is 1. The first kappa shape index (κ1) is 14.1. The van der Waals surface area contributed by atoms with E-state index in [0.29, 0.717) is 12.1 Å². The van der Waals surface area contributed by atoms with Crippen molar-refractivity contribution in [2.75, 3.05) is 0 Å². The number of carboxylic acids is 1. The first-order valence-corrected chi connectivity index (χ1v) is 7.14. The first-order valence-electron chi connectivity index (χ1n) is 6.34. The highest BCUT2D eigenvalue weighted by Crippen LogP contribution is 2.25.